The fourth-order valence-electron chi connectivity index (χ4n) is 1.69. The van der Waals surface area contributed by atoms with E-state index >= 15 is 0 Å². The molecule has 0 saturated carbocycles. The molecule has 1 unspecified atom stereocenters. The van der Waals surface area contributed by atoms with E-state index in [-0.39, 0.29) is 0 Å². The van der Waals surface area contributed by atoms with Crippen molar-refractivity contribution in [2.45, 2.75) is 33.3 Å². The Hall–Kier alpha value is -0.560. The van der Waals surface area contributed by atoms with Crippen LogP contribution in [0.2, 0.25) is 0 Å². The molecule has 0 fully saturated rings. The Morgan fingerprint density at radius 1 is 1.50 bits per heavy atom. The zero-order chi connectivity index (χ0) is 9.14. The van der Waals surface area contributed by atoms with Crippen LogP contribution in [-0.4, -0.2) is 13.2 Å². The van der Waals surface area contributed by atoms with Gasteiger partial charge in [-0.25, -0.2) is 0 Å². The number of allylic oxidation sites excluding steroid dienone is 2. The molecule has 1 rings (SSSR count). The molecule has 0 amide bonds. The molecule has 68 valence electrons. The Morgan fingerprint density at radius 2 is 2.17 bits per heavy atom. The van der Waals surface area contributed by atoms with E-state index in [4.69, 9.17) is 4.74 Å². The molecule has 0 aromatic heterocycles. The van der Waals surface area contributed by atoms with Crippen molar-refractivity contribution >= 4 is 0 Å². The van der Waals surface area contributed by atoms with Crippen molar-refractivity contribution < 1.29 is 4.74 Å². The Bertz CT molecular complexity index is 211. The quantitative estimate of drug-likeness (QED) is 0.613. The van der Waals surface area contributed by atoms with Gasteiger partial charge in [0, 0.05) is 7.11 Å². The lowest BCUT2D eigenvalue weighted by Gasteiger charge is -2.21. The van der Waals surface area contributed by atoms with Gasteiger partial charge in [0.15, 0.2) is 0 Å². The first-order chi connectivity index (χ1) is 5.65. The van der Waals surface area contributed by atoms with Gasteiger partial charge in [-0.05, 0) is 24.8 Å². The minimum Gasteiger partial charge on any atom is -0.377 e. The summed E-state index contributed by atoms with van der Waals surface area (Å²) in [5, 5.41) is 0. The molecule has 1 atom stereocenters. The maximum atomic E-state index is 5.27. The van der Waals surface area contributed by atoms with Crippen LogP contribution in [-0.2, 0) is 4.74 Å². The smallest absolute Gasteiger partial charge is 0.0792 e. The third kappa shape index (κ3) is 1.98. The molecule has 0 radical (unpaired) electrons. The molecular weight excluding hydrogens is 148 g/mol. The highest BCUT2D eigenvalue weighted by molar-refractivity contribution is 5.31. The van der Waals surface area contributed by atoms with Crippen molar-refractivity contribution in [2.24, 2.45) is 5.92 Å². The second-order valence-electron chi connectivity index (χ2n) is 3.73. The molecule has 0 saturated heterocycles. The average Bonchev–Trinajstić information content (AvgIpc) is 2.03. The maximum Gasteiger partial charge on any atom is 0.0792 e. The Balaban J connectivity index is 2.73. The summed E-state index contributed by atoms with van der Waals surface area (Å²) in [6.07, 6.45) is 5.72. The van der Waals surface area contributed by atoms with Crippen LogP contribution in [0.5, 0.6) is 0 Å². The first kappa shape index (κ1) is 9.53. The topological polar surface area (TPSA) is 9.23 Å². The highest BCUT2D eigenvalue weighted by Gasteiger charge is 2.13. The highest BCUT2D eigenvalue weighted by Crippen LogP contribution is 2.25. The largest absolute Gasteiger partial charge is 0.377 e. The molecule has 0 heterocycles. The lowest BCUT2D eigenvalue weighted by molar-refractivity contribution is 0.139. The lowest BCUT2D eigenvalue weighted by Crippen LogP contribution is -2.13. The Labute approximate surface area is 75.1 Å². The summed E-state index contributed by atoms with van der Waals surface area (Å²) < 4.78 is 5.27. The molecule has 0 bridgehead atoms. The van der Waals surface area contributed by atoms with Crippen LogP contribution in [0.4, 0.5) is 0 Å². The maximum absolute atomic E-state index is 5.27. The fraction of sp³-hybridized carbons (Fsp3) is 0.636. The number of hydrogen-bond acceptors (Lipinski definition) is 1. The highest BCUT2D eigenvalue weighted by atomic mass is 16.5. The molecule has 0 aromatic rings. The summed E-state index contributed by atoms with van der Waals surface area (Å²) >= 11 is 0. The summed E-state index contributed by atoms with van der Waals surface area (Å²) in [6.45, 7) is 6.66. The predicted molar refractivity (Wildman–Crippen MR) is 52.1 cm³/mol. The van der Waals surface area contributed by atoms with Crippen LogP contribution >= 0.6 is 0 Å². The van der Waals surface area contributed by atoms with E-state index in [1.165, 1.54) is 11.1 Å². The van der Waals surface area contributed by atoms with Crippen molar-refractivity contribution in [3.05, 3.63) is 23.3 Å². The van der Waals surface area contributed by atoms with Gasteiger partial charge in [0.05, 0.1) is 6.10 Å². The molecule has 1 aliphatic carbocycles. The van der Waals surface area contributed by atoms with Gasteiger partial charge in [-0.15, -0.1) is 0 Å². The van der Waals surface area contributed by atoms with Gasteiger partial charge >= 0.3 is 0 Å². The van der Waals surface area contributed by atoms with Crippen molar-refractivity contribution in [3.8, 4) is 0 Å². The van der Waals surface area contributed by atoms with Crippen LogP contribution in [0.25, 0.3) is 0 Å². The van der Waals surface area contributed by atoms with Crippen molar-refractivity contribution in [1.29, 1.82) is 0 Å². The van der Waals surface area contributed by atoms with Crippen molar-refractivity contribution in [3.63, 3.8) is 0 Å². The molecule has 1 aliphatic rings. The first-order valence-electron chi connectivity index (χ1n) is 4.55. The van der Waals surface area contributed by atoms with Gasteiger partial charge in [0.2, 0.25) is 0 Å². The van der Waals surface area contributed by atoms with E-state index in [1.54, 1.807) is 7.11 Å². The van der Waals surface area contributed by atoms with Crippen LogP contribution < -0.4 is 0 Å². The fourth-order valence-corrected chi connectivity index (χ4v) is 1.69. The second-order valence-corrected chi connectivity index (χ2v) is 3.73. The zero-order valence-electron chi connectivity index (χ0n) is 8.42. The summed E-state index contributed by atoms with van der Waals surface area (Å²) in [5.74, 6) is 0.638. The number of methoxy groups -OCH3 is 1. The number of hydrogen-bond donors (Lipinski definition) is 0. The summed E-state index contributed by atoms with van der Waals surface area (Å²) in [5.41, 5.74) is 2.95. The van der Waals surface area contributed by atoms with Crippen LogP contribution in [0.15, 0.2) is 23.3 Å². The van der Waals surface area contributed by atoms with Gasteiger partial charge in [-0.3, -0.25) is 0 Å². The molecule has 0 spiro atoms. The Morgan fingerprint density at radius 3 is 2.58 bits per heavy atom. The Kier molecular flexibility index (Phi) is 3.10. The molecule has 0 aliphatic heterocycles. The molecule has 1 heteroatoms. The molecule has 0 aromatic carbocycles. The zero-order valence-corrected chi connectivity index (χ0v) is 8.42. The van der Waals surface area contributed by atoms with Gasteiger partial charge in [0.1, 0.15) is 0 Å². The van der Waals surface area contributed by atoms with E-state index in [0.29, 0.717) is 12.0 Å². The first-order valence-corrected chi connectivity index (χ1v) is 4.55. The van der Waals surface area contributed by atoms with Crippen LogP contribution in [0.3, 0.4) is 0 Å². The lowest BCUT2D eigenvalue weighted by atomic mass is 9.90. The monoisotopic (exact) mass is 166 g/mol. The van der Waals surface area contributed by atoms with Crippen molar-refractivity contribution in [2.75, 3.05) is 7.11 Å². The summed E-state index contributed by atoms with van der Waals surface area (Å²) in [4.78, 5) is 0. The summed E-state index contributed by atoms with van der Waals surface area (Å²) in [7, 11) is 1.77. The van der Waals surface area contributed by atoms with Crippen LogP contribution in [0.1, 0.15) is 27.2 Å². The third-order valence-electron chi connectivity index (χ3n) is 2.42. The van der Waals surface area contributed by atoms with E-state index < -0.39 is 0 Å². The molecular formula is C11H18O. The van der Waals surface area contributed by atoms with E-state index in [2.05, 4.69) is 32.9 Å². The summed E-state index contributed by atoms with van der Waals surface area (Å²) in [6, 6.07) is 0. The molecule has 1 nitrogen and oxygen atoms in total. The SMILES string of the molecule is COC1C=CC(C(C)C)=C(C)C1. The van der Waals surface area contributed by atoms with E-state index in [1.807, 2.05) is 0 Å². The normalized spacial score (nSPS) is 23.9. The predicted octanol–water partition coefficient (Wildman–Crippen LogP) is 2.93. The average molecular weight is 166 g/mol. The van der Waals surface area contributed by atoms with Crippen molar-refractivity contribution in [1.82, 2.24) is 0 Å². The van der Waals surface area contributed by atoms with E-state index in [9.17, 15) is 0 Å². The minimum atomic E-state index is 0.299. The number of rotatable bonds is 2. The number of ether oxygens (including phenoxy) is 1. The standard InChI is InChI=1S/C11H18O/c1-8(2)11-6-5-10(12-4)7-9(11)3/h5-6,8,10H,7H2,1-4H3. The second kappa shape index (κ2) is 3.90. The van der Waals surface area contributed by atoms with Gasteiger partial charge < -0.3 is 4.74 Å². The van der Waals surface area contributed by atoms with Gasteiger partial charge in [0.25, 0.3) is 0 Å². The third-order valence-corrected chi connectivity index (χ3v) is 2.42. The molecule has 12 heavy (non-hydrogen) atoms. The van der Waals surface area contributed by atoms with Crippen LogP contribution in [0, 0.1) is 5.92 Å². The molecule has 0 N–H and O–H groups in total. The van der Waals surface area contributed by atoms with E-state index in [0.717, 1.165) is 6.42 Å². The minimum absolute atomic E-state index is 0.299. The van der Waals surface area contributed by atoms with Gasteiger partial charge in [-0.1, -0.05) is 31.6 Å². The van der Waals surface area contributed by atoms with Gasteiger partial charge in [-0.2, -0.15) is 0 Å².